The number of halogens is 3. The number of anilines is 1. The van der Waals surface area contributed by atoms with Crippen LogP contribution in [0.1, 0.15) is 18.3 Å². The predicted octanol–water partition coefficient (Wildman–Crippen LogP) is 2.79. The summed E-state index contributed by atoms with van der Waals surface area (Å²) in [5, 5.41) is 0.440. The molecule has 0 aliphatic carbocycles. The molecule has 0 aliphatic heterocycles. The van der Waals surface area contributed by atoms with Crippen LogP contribution in [0.5, 0.6) is 0 Å². The van der Waals surface area contributed by atoms with Crippen molar-refractivity contribution in [2.24, 2.45) is 0 Å². The number of rotatable bonds is 1. The lowest BCUT2D eigenvalue weighted by atomic mass is 10.1. The van der Waals surface area contributed by atoms with Crippen LogP contribution in [-0.4, -0.2) is 9.97 Å². The van der Waals surface area contributed by atoms with Gasteiger partial charge in [0.2, 0.25) is 0 Å². The summed E-state index contributed by atoms with van der Waals surface area (Å²) < 4.78 is 37.6. The second-order valence-corrected chi connectivity index (χ2v) is 3.61. The van der Waals surface area contributed by atoms with Crippen molar-refractivity contribution in [2.75, 3.05) is 5.73 Å². The summed E-state index contributed by atoms with van der Waals surface area (Å²) in [4.78, 5) is 8.03. The summed E-state index contributed by atoms with van der Waals surface area (Å²) in [5.74, 6) is 0.648. The average Bonchev–Trinajstić information content (AvgIpc) is 2.27. The molecule has 2 rings (SSSR count). The molecule has 3 nitrogen and oxygen atoms in total. The Hall–Kier alpha value is -1.85. The first kappa shape index (κ1) is 11.6. The number of hydrogen-bond acceptors (Lipinski definition) is 3. The fourth-order valence-electron chi connectivity index (χ4n) is 1.54. The fourth-order valence-corrected chi connectivity index (χ4v) is 1.54. The summed E-state index contributed by atoms with van der Waals surface area (Å²) >= 11 is 0. The van der Waals surface area contributed by atoms with Gasteiger partial charge in [-0.25, -0.2) is 9.97 Å². The van der Waals surface area contributed by atoms with Gasteiger partial charge in [-0.05, 0) is 18.2 Å². The van der Waals surface area contributed by atoms with Gasteiger partial charge in [0, 0.05) is 11.8 Å². The van der Waals surface area contributed by atoms with Crippen LogP contribution in [-0.2, 0) is 12.6 Å². The Labute approximate surface area is 95.5 Å². The van der Waals surface area contributed by atoms with Crippen LogP contribution in [0.2, 0.25) is 0 Å². The van der Waals surface area contributed by atoms with Gasteiger partial charge in [-0.2, -0.15) is 13.2 Å². The summed E-state index contributed by atoms with van der Waals surface area (Å²) in [6, 6.07) is 3.27. The van der Waals surface area contributed by atoms with E-state index >= 15 is 0 Å². The standard InChI is InChI=1S/C11H10F3N3/c1-2-9-16-8-5-6(11(12,13)14)3-4-7(8)10(15)17-9/h3-5H,2H2,1H3,(H2,15,16,17). The van der Waals surface area contributed by atoms with E-state index in [0.717, 1.165) is 12.1 Å². The Balaban J connectivity index is 2.68. The Kier molecular flexibility index (Phi) is 2.65. The van der Waals surface area contributed by atoms with Gasteiger partial charge in [0.1, 0.15) is 11.6 Å². The maximum atomic E-state index is 12.5. The smallest absolute Gasteiger partial charge is 0.383 e. The minimum Gasteiger partial charge on any atom is -0.383 e. The number of benzene rings is 1. The summed E-state index contributed by atoms with van der Waals surface area (Å²) in [5.41, 5.74) is 5.15. The third kappa shape index (κ3) is 2.15. The number of alkyl halides is 3. The predicted molar refractivity (Wildman–Crippen MR) is 58.3 cm³/mol. The molecule has 0 radical (unpaired) electrons. The quantitative estimate of drug-likeness (QED) is 0.835. The number of nitrogens with zero attached hydrogens (tertiary/aromatic N) is 2. The largest absolute Gasteiger partial charge is 0.416 e. The van der Waals surface area contributed by atoms with Gasteiger partial charge < -0.3 is 5.73 Å². The third-order valence-electron chi connectivity index (χ3n) is 2.42. The van der Waals surface area contributed by atoms with Crippen LogP contribution in [0.4, 0.5) is 19.0 Å². The van der Waals surface area contributed by atoms with Crippen LogP contribution >= 0.6 is 0 Å². The lowest BCUT2D eigenvalue weighted by Gasteiger charge is -2.09. The van der Waals surface area contributed by atoms with Gasteiger partial charge in [0.25, 0.3) is 0 Å². The molecule has 1 heterocycles. The molecule has 1 aromatic carbocycles. The van der Waals surface area contributed by atoms with Gasteiger partial charge in [-0.3, -0.25) is 0 Å². The highest BCUT2D eigenvalue weighted by Gasteiger charge is 2.30. The molecule has 6 heteroatoms. The normalized spacial score (nSPS) is 12.0. The molecular formula is C11H10F3N3. The van der Waals surface area contributed by atoms with E-state index < -0.39 is 11.7 Å². The zero-order valence-electron chi connectivity index (χ0n) is 9.04. The van der Waals surface area contributed by atoms with Crippen LogP contribution in [0, 0.1) is 0 Å². The Morgan fingerprint density at radius 2 is 1.94 bits per heavy atom. The number of fused-ring (bicyclic) bond motifs is 1. The number of nitrogens with two attached hydrogens (primary N) is 1. The third-order valence-corrected chi connectivity index (χ3v) is 2.42. The van der Waals surface area contributed by atoms with E-state index in [-0.39, 0.29) is 11.3 Å². The minimum atomic E-state index is -4.37. The first-order valence-corrected chi connectivity index (χ1v) is 5.05. The second kappa shape index (κ2) is 3.87. The van der Waals surface area contributed by atoms with E-state index in [1.807, 2.05) is 6.92 Å². The molecule has 0 saturated heterocycles. The highest BCUT2D eigenvalue weighted by atomic mass is 19.4. The number of aryl methyl sites for hydroxylation is 1. The van der Waals surface area contributed by atoms with Crippen LogP contribution < -0.4 is 5.73 Å². The number of nitrogen functional groups attached to an aromatic ring is 1. The molecule has 0 amide bonds. The molecule has 0 atom stereocenters. The molecule has 1 aromatic heterocycles. The van der Waals surface area contributed by atoms with Crippen molar-refractivity contribution in [1.29, 1.82) is 0 Å². The van der Waals surface area contributed by atoms with E-state index in [1.165, 1.54) is 6.07 Å². The average molecular weight is 241 g/mol. The Bertz CT molecular complexity index is 564. The van der Waals surface area contributed by atoms with Crippen molar-refractivity contribution in [3.05, 3.63) is 29.6 Å². The van der Waals surface area contributed by atoms with Crippen molar-refractivity contribution in [1.82, 2.24) is 9.97 Å². The zero-order valence-corrected chi connectivity index (χ0v) is 9.04. The molecule has 2 N–H and O–H groups in total. The molecule has 90 valence electrons. The van der Waals surface area contributed by atoms with E-state index in [0.29, 0.717) is 17.6 Å². The van der Waals surface area contributed by atoms with Gasteiger partial charge in [-0.15, -0.1) is 0 Å². The summed E-state index contributed by atoms with van der Waals surface area (Å²) in [6.45, 7) is 1.81. The van der Waals surface area contributed by atoms with Crippen LogP contribution in [0.25, 0.3) is 10.9 Å². The van der Waals surface area contributed by atoms with Crippen LogP contribution in [0.3, 0.4) is 0 Å². The van der Waals surface area contributed by atoms with Gasteiger partial charge in [0.15, 0.2) is 0 Å². The first-order chi connectivity index (χ1) is 7.91. The van der Waals surface area contributed by atoms with Crippen molar-refractivity contribution in [3.63, 3.8) is 0 Å². The van der Waals surface area contributed by atoms with Gasteiger partial charge in [-0.1, -0.05) is 6.92 Å². The van der Waals surface area contributed by atoms with Crippen molar-refractivity contribution in [2.45, 2.75) is 19.5 Å². The lowest BCUT2D eigenvalue weighted by molar-refractivity contribution is -0.137. The van der Waals surface area contributed by atoms with Gasteiger partial charge in [0.05, 0.1) is 11.1 Å². The summed E-state index contributed by atoms with van der Waals surface area (Å²) in [7, 11) is 0. The minimum absolute atomic E-state index is 0.209. The molecule has 0 fully saturated rings. The van der Waals surface area contributed by atoms with E-state index in [4.69, 9.17) is 5.73 Å². The molecule has 0 bridgehead atoms. The topological polar surface area (TPSA) is 51.8 Å². The molecule has 0 spiro atoms. The monoisotopic (exact) mass is 241 g/mol. The maximum absolute atomic E-state index is 12.5. The van der Waals surface area contributed by atoms with Crippen molar-refractivity contribution < 1.29 is 13.2 Å². The maximum Gasteiger partial charge on any atom is 0.416 e. The zero-order chi connectivity index (χ0) is 12.6. The Morgan fingerprint density at radius 1 is 1.24 bits per heavy atom. The van der Waals surface area contributed by atoms with Crippen molar-refractivity contribution >= 4 is 16.7 Å². The molecule has 17 heavy (non-hydrogen) atoms. The van der Waals surface area contributed by atoms with Gasteiger partial charge >= 0.3 is 6.18 Å². The van der Waals surface area contributed by atoms with E-state index in [9.17, 15) is 13.2 Å². The van der Waals surface area contributed by atoms with Crippen molar-refractivity contribution in [3.8, 4) is 0 Å². The number of hydrogen-bond donors (Lipinski definition) is 1. The molecular weight excluding hydrogens is 231 g/mol. The molecule has 0 unspecified atom stereocenters. The highest BCUT2D eigenvalue weighted by molar-refractivity contribution is 5.88. The molecule has 0 saturated carbocycles. The van der Waals surface area contributed by atoms with E-state index in [1.54, 1.807) is 0 Å². The second-order valence-electron chi connectivity index (χ2n) is 3.61. The number of aromatic nitrogens is 2. The Morgan fingerprint density at radius 3 is 2.53 bits per heavy atom. The first-order valence-electron chi connectivity index (χ1n) is 5.05. The SMILES string of the molecule is CCc1nc(N)c2ccc(C(F)(F)F)cc2n1. The summed E-state index contributed by atoms with van der Waals surface area (Å²) in [6.07, 6.45) is -3.85. The molecule has 2 aromatic rings. The van der Waals surface area contributed by atoms with Crippen LogP contribution in [0.15, 0.2) is 18.2 Å². The highest BCUT2D eigenvalue weighted by Crippen LogP contribution is 2.31. The fraction of sp³-hybridized carbons (Fsp3) is 0.273. The van der Waals surface area contributed by atoms with E-state index in [2.05, 4.69) is 9.97 Å². The lowest BCUT2D eigenvalue weighted by Crippen LogP contribution is -2.06. The molecule has 0 aliphatic rings.